The zero-order chi connectivity index (χ0) is 19.9. The first-order chi connectivity index (χ1) is 12.8. The van der Waals surface area contributed by atoms with Gasteiger partial charge in [0.1, 0.15) is 5.75 Å². The lowest BCUT2D eigenvalue weighted by Gasteiger charge is -2.13. The number of carbonyl (C=O) groups excluding carboxylic acids is 1. The molecule has 0 aliphatic rings. The molecule has 2 aromatic carbocycles. The van der Waals surface area contributed by atoms with Gasteiger partial charge in [0.05, 0.1) is 12.7 Å². The van der Waals surface area contributed by atoms with E-state index in [0.29, 0.717) is 19.4 Å². The molecular formula is C20H22F3NO2S. The molecule has 0 bridgehead atoms. The van der Waals surface area contributed by atoms with Crippen LogP contribution in [0.3, 0.4) is 0 Å². The molecule has 1 unspecified atom stereocenters. The summed E-state index contributed by atoms with van der Waals surface area (Å²) in [5.74, 6) is 0.657. The molecule has 0 aromatic heterocycles. The van der Waals surface area contributed by atoms with Crippen LogP contribution in [0, 0.1) is 0 Å². The van der Waals surface area contributed by atoms with Gasteiger partial charge in [-0.25, -0.2) is 0 Å². The number of para-hydroxylation sites is 1. The molecule has 1 atom stereocenters. The minimum atomic E-state index is -4.33. The average Bonchev–Trinajstić information content (AvgIpc) is 2.64. The highest BCUT2D eigenvalue weighted by Crippen LogP contribution is 2.32. The van der Waals surface area contributed by atoms with Crippen molar-refractivity contribution in [2.24, 2.45) is 0 Å². The first kappa shape index (κ1) is 21.2. The normalized spacial score (nSPS) is 12.5. The Hall–Kier alpha value is -2.15. The van der Waals surface area contributed by atoms with Crippen LogP contribution in [0.15, 0.2) is 53.4 Å². The highest BCUT2D eigenvalue weighted by molar-refractivity contribution is 7.99. The monoisotopic (exact) mass is 397 g/mol. The average molecular weight is 397 g/mol. The summed E-state index contributed by atoms with van der Waals surface area (Å²) in [7, 11) is 1.58. The Balaban J connectivity index is 1.76. The van der Waals surface area contributed by atoms with Crippen LogP contribution in [0.25, 0.3) is 0 Å². The van der Waals surface area contributed by atoms with E-state index in [2.05, 4.69) is 5.32 Å². The van der Waals surface area contributed by atoms with Gasteiger partial charge < -0.3 is 10.1 Å². The van der Waals surface area contributed by atoms with E-state index in [0.717, 1.165) is 28.3 Å². The van der Waals surface area contributed by atoms with Crippen LogP contribution in [0.5, 0.6) is 5.75 Å². The third-order valence-electron chi connectivity index (χ3n) is 3.97. The molecule has 0 radical (unpaired) electrons. The maximum absolute atomic E-state index is 12.6. The molecule has 0 heterocycles. The van der Waals surface area contributed by atoms with E-state index in [-0.39, 0.29) is 11.2 Å². The van der Waals surface area contributed by atoms with Gasteiger partial charge in [-0.1, -0.05) is 25.1 Å². The third kappa shape index (κ3) is 6.82. The maximum atomic E-state index is 12.6. The summed E-state index contributed by atoms with van der Waals surface area (Å²) in [5.41, 5.74) is 0.246. The number of thioether (sulfide) groups is 1. The fraction of sp³-hybridized carbons (Fsp3) is 0.350. The van der Waals surface area contributed by atoms with Crippen LogP contribution in [-0.4, -0.2) is 18.3 Å². The Morgan fingerprint density at radius 2 is 1.81 bits per heavy atom. The van der Waals surface area contributed by atoms with Crippen LogP contribution < -0.4 is 10.1 Å². The molecule has 7 heteroatoms. The molecule has 2 aromatic rings. The second-order valence-corrected chi connectivity index (χ2v) is 7.59. The highest BCUT2D eigenvalue weighted by Gasteiger charge is 2.30. The zero-order valence-electron chi connectivity index (χ0n) is 15.2. The number of hydrogen-bond acceptors (Lipinski definition) is 3. The van der Waals surface area contributed by atoms with Crippen molar-refractivity contribution in [1.29, 1.82) is 0 Å². The number of alkyl halides is 3. The minimum absolute atomic E-state index is 0.0687. The van der Waals surface area contributed by atoms with Crippen molar-refractivity contribution in [1.82, 2.24) is 5.32 Å². The Morgan fingerprint density at radius 3 is 2.44 bits per heavy atom. The third-order valence-corrected chi connectivity index (χ3v) is 5.15. The first-order valence-corrected chi connectivity index (χ1v) is 9.40. The van der Waals surface area contributed by atoms with Gasteiger partial charge >= 0.3 is 6.18 Å². The molecule has 0 saturated carbocycles. The summed E-state index contributed by atoms with van der Waals surface area (Å²) >= 11 is 1.46. The standard InChI is InChI=1S/C20H22F3NO2S/c1-14(27-17-10-8-16(9-11-17)20(21,22)23)7-12-19(25)24-13-15-5-3-4-6-18(15)26-2/h3-6,8-11,14H,7,12-13H2,1-2H3,(H,24,25). The summed E-state index contributed by atoms with van der Waals surface area (Å²) in [6.45, 7) is 2.35. The number of nitrogens with one attached hydrogen (secondary N) is 1. The van der Waals surface area contributed by atoms with Crippen LogP contribution in [-0.2, 0) is 17.5 Å². The van der Waals surface area contributed by atoms with E-state index in [1.54, 1.807) is 7.11 Å². The molecule has 27 heavy (non-hydrogen) atoms. The minimum Gasteiger partial charge on any atom is -0.496 e. The zero-order valence-corrected chi connectivity index (χ0v) is 16.0. The van der Waals surface area contributed by atoms with Crippen molar-refractivity contribution in [2.75, 3.05) is 7.11 Å². The highest BCUT2D eigenvalue weighted by atomic mass is 32.2. The van der Waals surface area contributed by atoms with Gasteiger partial charge in [-0.05, 0) is 36.8 Å². The number of ether oxygens (including phenoxy) is 1. The van der Waals surface area contributed by atoms with Crippen molar-refractivity contribution >= 4 is 17.7 Å². The van der Waals surface area contributed by atoms with Gasteiger partial charge in [0.2, 0.25) is 5.91 Å². The van der Waals surface area contributed by atoms with E-state index in [9.17, 15) is 18.0 Å². The fourth-order valence-corrected chi connectivity index (χ4v) is 3.47. The van der Waals surface area contributed by atoms with Gasteiger partial charge in [0, 0.05) is 28.7 Å². The summed E-state index contributed by atoms with van der Waals surface area (Å²) < 4.78 is 43.0. The Bertz CT molecular complexity index is 748. The Kier molecular flexibility index (Phi) is 7.59. The molecule has 0 aliphatic heterocycles. The molecule has 1 N–H and O–H groups in total. The fourth-order valence-electron chi connectivity index (χ4n) is 2.48. The number of carbonyl (C=O) groups is 1. The molecule has 146 valence electrons. The molecule has 2 rings (SSSR count). The van der Waals surface area contributed by atoms with E-state index in [1.807, 2.05) is 31.2 Å². The van der Waals surface area contributed by atoms with Crippen molar-refractivity contribution in [3.63, 3.8) is 0 Å². The largest absolute Gasteiger partial charge is 0.496 e. The van der Waals surface area contributed by atoms with Crippen molar-refractivity contribution < 1.29 is 22.7 Å². The Morgan fingerprint density at radius 1 is 1.15 bits per heavy atom. The Labute approximate surface area is 161 Å². The molecular weight excluding hydrogens is 375 g/mol. The molecule has 0 aliphatic carbocycles. The molecule has 0 spiro atoms. The van der Waals surface area contributed by atoms with Crippen molar-refractivity contribution in [3.8, 4) is 5.75 Å². The van der Waals surface area contributed by atoms with Crippen LogP contribution >= 0.6 is 11.8 Å². The number of methoxy groups -OCH3 is 1. The van der Waals surface area contributed by atoms with Gasteiger partial charge in [-0.15, -0.1) is 11.8 Å². The van der Waals surface area contributed by atoms with Crippen molar-refractivity contribution in [3.05, 3.63) is 59.7 Å². The lowest BCUT2D eigenvalue weighted by molar-refractivity contribution is -0.137. The topological polar surface area (TPSA) is 38.3 Å². The summed E-state index contributed by atoms with van der Waals surface area (Å²) in [4.78, 5) is 12.8. The lowest BCUT2D eigenvalue weighted by atomic mass is 10.2. The predicted octanol–water partition coefficient (Wildman–Crippen LogP) is 5.29. The number of benzene rings is 2. The summed E-state index contributed by atoms with van der Waals surface area (Å²) in [6, 6.07) is 12.6. The van der Waals surface area contributed by atoms with Crippen LogP contribution in [0.4, 0.5) is 13.2 Å². The second kappa shape index (κ2) is 9.69. The molecule has 1 amide bonds. The predicted molar refractivity (Wildman–Crippen MR) is 101 cm³/mol. The maximum Gasteiger partial charge on any atom is 0.416 e. The number of rotatable bonds is 8. The number of halogens is 3. The van der Waals surface area contributed by atoms with E-state index in [1.165, 1.54) is 23.9 Å². The van der Waals surface area contributed by atoms with E-state index < -0.39 is 11.7 Å². The summed E-state index contributed by atoms with van der Waals surface area (Å²) in [6.07, 6.45) is -3.35. The quantitative estimate of drug-likeness (QED) is 0.615. The van der Waals surface area contributed by atoms with E-state index >= 15 is 0 Å². The molecule has 3 nitrogen and oxygen atoms in total. The molecule has 0 fully saturated rings. The second-order valence-electron chi connectivity index (χ2n) is 6.08. The van der Waals surface area contributed by atoms with E-state index in [4.69, 9.17) is 4.74 Å². The first-order valence-electron chi connectivity index (χ1n) is 8.52. The van der Waals surface area contributed by atoms with Gasteiger partial charge in [-0.3, -0.25) is 4.79 Å². The smallest absolute Gasteiger partial charge is 0.416 e. The van der Waals surface area contributed by atoms with Gasteiger partial charge in [0.25, 0.3) is 0 Å². The SMILES string of the molecule is COc1ccccc1CNC(=O)CCC(C)Sc1ccc(C(F)(F)F)cc1. The van der Waals surface area contributed by atoms with Crippen LogP contribution in [0.1, 0.15) is 30.9 Å². The van der Waals surface area contributed by atoms with Crippen LogP contribution in [0.2, 0.25) is 0 Å². The number of hydrogen-bond donors (Lipinski definition) is 1. The van der Waals surface area contributed by atoms with Gasteiger partial charge in [0.15, 0.2) is 0 Å². The van der Waals surface area contributed by atoms with Gasteiger partial charge in [-0.2, -0.15) is 13.2 Å². The van der Waals surface area contributed by atoms with Crippen molar-refractivity contribution in [2.45, 2.75) is 42.6 Å². The lowest BCUT2D eigenvalue weighted by Crippen LogP contribution is -2.23. The summed E-state index contributed by atoms with van der Waals surface area (Å²) in [5, 5.41) is 2.97. The molecule has 0 saturated heterocycles. The number of amides is 1.